The van der Waals surface area contributed by atoms with E-state index in [-0.39, 0.29) is 6.10 Å². The van der Waals surface area contributed by atoms with E-state index in [4.69, 9.17) is 16.3 Å². The van der Waals surface area contributed by atoms with Crippen LogP contribution in [0.25, 0.3) is 6.08 Å². The number of thiophene rings is 1. The predicted molar refractivity (Wildman–Crippen MR) is 128 cm³/mol. The van der Waals surface area contributed by atoms with Crippen LogP contribution in [0.1, 0.15) is 22.1 Å². The van der Waals surface area contributed by atoms with Crippen LogP contribution in [-0.2, 0) is 24.2 Å². The lowest BCUT2D eigenvalue weighted by Gasteiger charge is -2.15. The zero-order valence-corrected chi connectivity index (χ0v) is 18.9. The van der Waals surface area contributed by atoms with Crippen molar-refractivity contribution in [3.8, 4) is 0 Å². The molecule has 4 rings (SSSR count). The van der Waals surface area contributed by atoms with E-state index >= 15 is 0 Å². The van der Waals surface area contributed by atoms with Crippen LogP contribution in [0.3, 0.4) is 0 Å². The van der Waals surface area contributed by atoms with Gasteiger partial charge in [0.2, 0.25) is 6.33 Å². The van der Waals surface area contributed by atoms with E-state index in [1.165, 1.54) is 10.4 Å². The lowest BCUT2D eigenvalue weighted by molar-refractivity contribution is -0.686. The van der Waals surface area contributed by atoms with Crippen LogP contribution in [0, 0.1) is 0 Å². The van der Waals surface area contributed by atoms with Crippen LogP contribution in [0.2, 0.25) is 5.02 Å². The van der Waals surface area contributed by atoms with Gasteiger partial charge in [-0.3, -0.25) is 0 Å². The molecule has 2 heterocycles. The molecule has 2 aromatic carbocycles. The molecule has 5 heteroatoms. The smallest absolute Gasteiger partial charge is 0.244 e. The molecule has 0 spiro atoms. The molecule has 0 aliphatic carbocycles. The molecule has 0 radical (unpaired) electrons. The minimum Gasteiger partial charge on any atom is -0.368 e. The average molecular weight is 450 g/mol. The molecular weight excluding hydrogens is 424 g/mol. The highest BCUT2D eigenvalue weighted by atomic mass is 35.5. The van der Waals surface area contributed by atoms with Crippen molar-refractivity contribution < 1.29 is 9.30 Å². The van der Waals surface area contributed by atoms with Crippen molar-refractivity contribution in [1.82, 2.24) is 4.57 Å². The van der Waals surface area contributed by atoms with Crippen molar-refractivity contribution in [2.75, 3.05) is 6.61 Å². The van der Waals surface area contributed by atoms with Gasteiger partial charge in [-0.2, -0.15) is 0 Å². The van der Waals surface area contributed by atoms with Gasteiger partial charge in [0.1, 0.15) is 31.6 Å². The number of imidazole rings is 1. The highest BCUT2D eigenvalue weighted by molar-refractivity contribution is 7.10. The molecule has 0 saturated heterocycles. The van der Waals surface area contributed by atoms with Crippen molar-refractivity contribution in [2.45, 2.75) is 25.6 Å². The van der Waals surface area contributed by atoms with E-state index in [2.05, 4.69) is 81.8 Å². The second-order valence-electron chi connectivity index (χ2n) is 7.37. The number of nitrogens with zero attached hydrogens (tertiary/aromatic N) is 2. The first-order valence-electron chi connectivity index (χ1n) is 10.4. The quantitative estimate of drug-likeness (QED) is 0.263. The standard InChI is InChI=1S/C26H26ClN2OS/c27-24-12-10-23(11-13-24)8-4-15-28-16-17-29(21-28)20-25(26-9-5-19-31-26)30-18-14-22-6-2-1-3-7-22/h1-13,16-17,19,21,25H,14-15,18,20H2/q+1. The lowest BCUT2D eigenvalue weighted by Crippen LogP contribution is -2.30. The molecule has 0 amide bonds. The van der Waals surface area contributed by atoms with Gasteiger partial charge in [0.25, 0.3) is 0 Å². The van der Waals surface area contributed by atoms with Crippen molar-refractivity contribution >= 4 is 29.0 Å². The number of hydrogen-bond acceptors (Lipinski definition) is 2. The summed E-state index contributed by atoms with van der Waals surface area (Å²) in [6.45, 7) is 2.31. The van der Waals surface area contributed by atoms with Gasteiger partial charge in [0.05, 0.1) is 6.61 Å². The number of rotatable bonds is 10. The second kappa shape index (κ2) is 11.1. The Morgan fingerprint density at radius 1 is 1.03 bits per heavy atom. The summed E-state index contributed by atoms with van der Waals surface area (Å²) < 4.78 is 10.7. The monoisotopic (exact) mass is 449 g/mol. The Morgan fingerprint density at radius 2 is 1.87 bits per heavy atom. The summed E-state index contributed by atoms with van der Waals surface area (Å²) in [6, 6.07) is 22.6. The molecule has 3 nitrogen and oxygen atoms in total. The van der Waals surface area contributed by atoms with E-state index in [0.717, 1.165) is 30.1 Å². The van der Waals surface area contributed by atoms with Gasteiger partial charge in [0, 0.05) is 9.90 Å². The third kappa shape index (κ3) is 6.66. The Morgan fingerprint density at radius 3 is 2.65 bits per heavy atom. The molecule has 0 bridgehead atoms. The van der Waals surface area contributed by atoms with Crippen molar-refractivity contribution in [3.63, 3.8) is 0 Å². The Bertz CT molecular complexity index is 1070. The lowest BCUT2D eigenvalue weighted by atomic mass is 10.2. The van der Waals surface area contributed by atoms with Crippen molar-refractivity contribution in [1.29, 1.82) is 0 Å². The molecule has 0 N–H and O–H groups in total. The molecule has 2 aromatic heterocycles. The van der Waals surface area contributed by atoms with E-state index in [9.17, 15) is 0 Å². The maximum Gasteiger partial charge on any atom is 0.244 e. The summed E-state index contributed by atoms with van der Waals surface area (Å²) in [6.07, 6.45) is 11.6. The maximum atomic E-state index is 6.31. The Balaban J connectivity index is 1.33. The van der Waals surface area contributed by atoms with Gasteiger partial charge < -0.3 is 4.74 Å². The fourth-order valence-electron chi connectivity index (χ4n) is 3.39. The third-order valence-corrected chi connectivity index (χ3v) is 6.25. The van der Waals surface area contributed by atoms with Gasteiger partial charge in [-0.15, -0.1) is 11.3 Å². The van der Waals surface area contributed by atoms with Crippen LogP contribution in [0.5, 0.6) is 0 Å². The molecule has 0 saturated carbocycles. The fraction of sp³-hybridized carbons (Fsp3) is 0.192. The summed E-state index contributed by atoms with van der Waals surface area (Å²) in [5.74, 6) is 0. The summed E-state index contributed by atoms with van der Waals surface area (Å²) in [7, 11) is 0. The molecule has 31 heavy (non-hydrogen) atoms. The minimum atomic E-state index is 0.0502. The van der Waals surface area contributed by atoms with Crippen LogP contribution < -0.4 is 4.57 Å². The number of hydrogen-bond donors (Lipinski definition) is 0. The Labute approximate surface area is 192 Å². The van der Waals surface area contributed by atoms with E-state index in [0.29, 0.717) is 6.61 Å². The van der Waals surface area contributed by atoms with Crippen LogP contribution in [-0.4, -0.2) is 11.2 Å². The first-order valence-corrected chi connectivity index (χ1v) is 11.7. The highest BCUT2D eigenvalue weighted by Crippen LogP contribution is 2.24. The SMILES string of the molecule is Clc1ccc(C=CC[n+]2ccn(CC(OCCc3ccccc3)c3cccs3)c2)cc1. The molecule has 0 aliphatic heterocycles. The molecule has 0 fully saturated rings. The molecule has 1 atom stereocenters. The predicted octanol–water partition coefficient (Wildman–Crippen LogP) is 6.20. The Hall–Kier alpha value is -2.66. The van der Waals surface area contributed by atoms with E-state index in [1.54, 1.807) is 11.3 Å². The summed E-state index contributed by atoms with van der Waals surface area (Å²) >= 11 is 7.70. The molecule has 4 aromatic rings. The first kappa shape index (κ1) is 21.6. The molecule has 0 aliphatic rings. The van der Waals surface area contributed by atoms with Gasteiger partial charge in [0.15, 0.2) is 0 Å². The normalized spacial score (nSPS) is 12.4. The van der Waals surface area contributed by atoms with Gasteiger partial charge in [-0.25, -0.2) is 9.13 Å². The topological polar surface area (TPSA) is 18.0 Å². The minimum absolute atomic E-state index is 0.0502. The van der Waals surface area contributed by atoms with Crippen molar-refractivity contribution in [3.05, 3.63) is 118 Å². The summed E-state index contributed by atoms with van der Waals surface area (Å²) in [5.41, 5.74) is 2.45. The largest absolute Gasteiger partial charge is 0.368 e. The zero-order chi connectivity index (χ0) is 21.3. The first-order chi connectivity index (χ1) is 15.3. The number of ether oxygens (including phenoxy) is 1. The van der Waals surface area contributed by atoms with E-state index in [1.807, 2.05) is 30.3 Å². The highest BCUT2D eigenvalue weighted by Gasteiger charge is 2.17. The fourth-order valence-corrected chi connectivity index (χ4v) is 4.29. The molecular formula is C26H26ClN2OS+. The number of halogens is 1. The van der Waals surface area contributed by atoms with Crippen molar-refractivity contribution in [2.24, 2.45) is 0 Å². The second-order valence-corrected chi connectivity index (χ2v) is 8.79. The summed E-state index contributed by atoms with van der Waals surface area (Å²) in [4.78, 5) is 1.26. The molecule has 158 valence electrons. The van der Waals surface area contributed by atoms with Crippen LogP contribution in [0.15, 0.2) is 96.9 Å². The van der Waals surface area contributed by atoms with Crippen LogP contribution in [0.4, 0.5) is 0 Å². The van der Waals surface area contributed by atoms with Gasteiger partial charge >= 0.3 is 0 Å². The third-order valence-electron chi connectivity index (χ3n) is 5.03. The molecule has 1 unspecified atom stereocenters. The number of benzene rings is 2. The zero-order valence-electron chi connectivity index (χ0n) is 17.3. The number of allylic oxidation sites excluding steroid dienone is 1. The maximum absolute atomic E-state index is 6.31. The van der Waals surface area contributed by atoms with E-state index < -0.39 is 0 Å². The Kier molecular flexibility index (Phi) is 7.72. The summed E-state index contributed by atoms with van der Waals surface area (Å²) in [5, 5.41) is 2.87. The van der Waals surface area contributed by atoms with Gasteiger partial charge in [-0.05, 0) is 47.2 Å². The van der Waals surface area contributed by atoms with Gasteiger partial charge in [-0.1, -0.05) is 66.2 Å². The van der Waals surface area contributed by atoms with Crippen LogP contribution >= 0.6 is 22.9 Å². The number of aromatic nitrogens is 2. The average Bonchev–Trinajstić information content (AvgIpc) is 3.48.